The molecule has 0 saturated heterocycles. The summed E-state index contributed by atoms with van der Waals surface area (Å²) in [5.41, 5.74) is 1.72. The van der Waals surface area contributed by atoms with Gasteiger partial charge in [-0.1, -0.05) is 12.1 Å². The molecule has 3 aromatic rings. The number of fused-ring (bicyclic) bond motifs is 1. The van der Waals surface area contributed by atoms with Crippen molar-refractivity contribution in [3.05, 3.63) is 60.3 Å². The lowest BCUT2D eigenvalue weighted by molar-refractivity contribution is -0.120. The van der Waals surface area contributed by atoms with Crippen LogP contribution in [0.2, 0.25) is 0 Å². The SMILES string of the molecule is O=C(Cc1ccc2c(c1)OCCO2)NCc1cccnc1-n1cncn1. The molecule has 3 heterocycles. The molecule has 8 nitrogen and oxygen atoms in total. The first-order valence-corrected chi connectivity index (χ1v) is 8.24. The number of pyridine rings is 1. The van der Waals surface area contributed by atoms with E-state index >= 15 is 0 Å². The van der Waals surface area contributed by atoms with Crippen LogP contribution in [0, 0.1) is 0 Å². The zero-order valence-electron chi connectivity index (χ0n) is 14.0. The van der Waals surface area contributed by atoms with E-state index in [-0.39, 0.29) is 12.3 Å². The standard InChI is InChI=1S/C18H17N5O3/c24-17(9-13-3-4-15-16(8-13)26-7-6-25-15)21-10-14-2-1-5-20-18(14)23-12-19-11-22-23/h1-5,8,11-12H,6-7,9-10H2,(H,21,24). The Labute approximate surface area is 149 Å². The van der Waals surface area contributed by atoms with Crippen LogP contribution in [0.3, 0.4) is 0 Å². The molecule has 132 valence electrons. The summed E-state index contributed by atoms with van der Waals surface area (Å²) in [6, 6.07) is 9.27. The van der Waals surface area contributed by atoms with E-state index < -0.39 is 0 Å². The maximum Gasteiger partial charge on any atom is 0.224 e. The average Bonchev–Trinajstić information content (AvgIpc) is 3.21. The van der Waals surface area contributed by atoms with Gasteiger partial charge in [-0.3, -0.25) is 4.79 Å². The minimum atomic E-state index is -0.0879. The molecule has 0 aliphatic carbocycles. The van der Waals surface area contributed by atoms with Gasteiger partial charge >= 0.3 is 0 Å². The predicted molar refractivity (Wildman–Crippen MR) is 92.1 cm³/mol. The van der Waals surface area contributed by atoms with Crippen LogP contribution in [0.1, 0.15) is 11.1 Å². The molecule has 1 aliphatic rings. The van der Waals surface area contributed by atoms with Gasteiger partial charge < -0.3 is 14.8 Å². The smallest absolute Gasteiger partial charge is 0.224 e. The third-order valence-corrected chi connectivity index (χ3v) is 3.95. The van der Waals surface area contributed by atoms with E-state index in [4.69, 9.17) is 9.47 Å². The molecular formula is C18H17N5O3. The summed E-state index contributed by atoms with van der Waals surface area (Å²) >= 11 is 0. The van der Waals surface area contributed by atoms with Gasteiger partial charge in [-0.05, 0) is 23.8 Å². The fourth-order valence-electron chi connectivity index (χ4n) is 2.73. The van der Waals surface area contributed by atoms with Crippen molar-refractivity contribution in [2.75, 3.05) is 13.2 Å². The predicted octanol–water partition coefficient (Wildman–Crippen LogP) is 1.29. The second kappa shape index (κ2) is 7.22. The van der Waals surface area contributed by atoms with Gasteiger partial charge in [-0.15, -0.1) is 0 Å². The lowest BCUT2D eigenvalue weighted by atomic mass is 10.1. The van der Waals surface area contributed by atoms with Crippen molar-refractivity contribution >= 4 is 5.91 Å². The van der Waals surface area contributed by atoms with Crippen molar-refractivity contribution in [3.63, 3.8) is 0 Å². The number of ether oxygens (including phenoxy) is 2. The lowest BCUT2D eigenvalue weighted by Crippen LogP contribution is -2.25. The molecule has 4 rings (SSSR count). The van der Waals surface area contributed by atoms with Gasteiger partial charge in [0.05, 0.1) is 6.42 Å². The molecule has 0 atom stereocenters. The average molecular weight is 351 g/mol. The highest BCUT2D eigenvalue weighted by atomic mass is 16.6. The maximum atomic E-state index is 12.3. The first-order valence-electron chi connectivity index (χ1n) is 8.24. The molecule has 1 N–H and O–H groups in total. The zero-order valence-corrected chi connectivity index (χ0v) is 14.0. The Morgan fingerprint density at radius 1 is 1.19 bits per heavy atom. The summed E-state index contributed by atoms with van der Waals surface area (Å²) in [5, 5.41) is 7.00. The van der Waals surface area contributed by atoms with E-state index in [0.717, 1.165) is 11.1 Å². The summed E-state index contributed by atoms with van der Waals surface area (Å²) in [6.45, 7) is 1.42. The third kappa shape index (κ3) is 3.49. The van der Waals surface area contributed by atoms with Crippen LogP contribution in [0.25, 0.3) is 5.82 Å². The Morgan fingerprint density at radius 3 is 2.92 bits per heavy atom. The minimum Gasteiger partial charge on any atom is -0.486 e. The monoisotopic (exact) mass is 351 g/mol. The molecule has 0 bridgehead atoms. The normalized spacial score (nSPS) is 12.6. The Morgan fingerprint density at radius 2 is 2.08 bits per heavy atom. The molecule has 26 heavy (non-hydrogen) atoms. The van der Waals surface area contributed by atoms with Crippen molar-refractivity contribution in [3.8, 4) is 17.3 Å². The van der Waals surface area contributed by atoms with E-state index in [9.17, 15) is 4.79 Å². The fourth-order valence-corrected chi connectivity index (χ4v) is 2.73. The Kier molecular flexibility index (Phi) is 4.46. The second-order valence-electron chi connectivity index (χ2n) is 5.76. The molecule has 0 spiro atoms. The summed E-state index contributed by atoms with van der Waals surface area (Å²) in [4.78, 5) is 20.6. The number of carbonyl (C=O) groups excluding carboxylic acids is 1. The van der Waals surface area contributed by atoms with E-state index in [0.29, 0.717) is 37.1 Å². The number of amides is 1. The van der Waals surface area contributed by atoms with Crippen LogP contribution in [0.4, 0.5) is 0 Å². The number of hydrogen-bond donors (Lipinski definition) is 1. The molecular weight excluding hydrogens is 334 g/mol. The molecule has 1 aliphatic heterocycles. The Balaban J connectivity index is 1.41. The van der Waals surface area contributed by atoms with Gasteiger partial charge in [-0.25, -0.2) is 14.6 Å². The summed E-state index contributed by atoms with van der Waals surface area (Å²) in [5.74, 6) is 1.95. The quantitative estimate of drug-likeness (QED) is 0.745. The molecule has 2 aromatic heterocycles. The minimum absolute atomic E-state index is 0.0879. The summed E-state index contributed by atoms with van der Waals surface area (Å²) in [6.07, 6.45) is 4.95. The van der Waals surface area contributed by atoms with Gasteiger partial charge in [-0.2, -0.15) is 5.10 Å². The number of aromatic nitrogens is 4. The maximum absolute atomic E-state index is 12.3. The zero-order chi connectivity index (χ0) is 17.8. The Bertz CT molecular complexity index is 911. The molecule has 0 radical (unpaired) electrons. The summed E-state index contributed by atoms with van der Waals surface area (Å²) in [7, 11) is 0. The van der Waals surface area contributed by atoms with Crippen LogP contribution >= 0.6 is 0 Å². The van der Waals surface area contributed by atoms with Gasteiger partial charge in [0.2, 0.25) is 5.91 Å². The number of benzene rings is 1. The molecule has 1 amide bonds. The third-order valence-electron chi connectivity index (χ3n) is 3.95. The van der Waals surface area contributed by atoms with Crippen molar-refractivity contribution in [1.82, 2.24) is 25.1 Å². The second-order valence-corrected chi connectivity index (χ2v) is 5.76. The number of nitrogens with zero attached hydrogens (tertiary/aromatic N) is 4. The van der Waals surface area contributed by atoms with Crippen LogP contribution in [0.5, 0.6) is 11.5 Å². The highest BCUT2D eigenvalue weighted by Crippen LogP contribution is 2.30. The highest BCUT2D eigenvalue weighted by Gasteiger charge is 2.14. The highest BCUT2D eigenvalue weighted by molar-refractivity contribution is 5.78. The van der Waals surface area contributed by atoms with E-state index in [2.05, 4.69) is 20.4 Å². The fraction of sp³-hybridized carbons (Fsp3) is 0.222. The van der Waals surface area contributed by atoms with Gasteiger partial charge in [0.15, 0.2) is 17.3 Å². The molecule has 1 aromatic carbocycles. The number of hydrogen-bond acceptors (Lipinski definition) is 6. The Hall–Kier alpha value is -3.42. The number of nitrogens with one attached hydrogen (secondary N) is 1. The van der Waals surface area contributed by atoms with Crippen molar-refractivity contribution in [2.24, 2.45) is 0 Å². The van der Waals surface area contributed by atoms with Gasteiger partial charge in [0, 0.05) is 18.3 Å². The number of rotatable bonds is 5. The van der Waals surface area contributed by atoms with Crippen LogP contribution in [-0.4, -0.2) is 38.9 Å². The molecule has 8 heteroatoms. The van der Waals surface area contributed by atoms with Gasteiger partial charge in [0.25, 0.3) is 0 Å². The number of carbonyl (C=O) groups is 1. The van der Waals surface area contributed by atoms with Crippen LogP contribution in [0.15, 0.2) is 49.2 Å². The van der Waals surface area contributed by atoms with E-state index in [1.165, 1.54) is 6.33 Å². The summed E-state index contributed by atoms with van der Waals surface area (Å²) < 4.78 is 12.6. The molecule has 0 fully saturated rings. The topological polar surface area (TPSA) is 91.2 Å². The van der Waals surface area contributed by atoms with Crippen LogP contribution < -0.4 is 14.8 Å². The van der Waals surface area contributed by atoms with Crippen molar-refractivity contribution in [1.29, 1.82) is 0 Å². The lowest BCUT2D eigenvalue weighted by Gasteiger charge is -2.18. The van der Waals surface area contributed by atoms with Crippen LogP contribution in [-0.2, 0) is 17.8 Å². The molecule has 0 saturated carbocycles. The molecule has 0 unspecified atom stereocenters. The first kappa shape index (κ1) is 16.1. The van der Waals surface area contributed by atoms with E-state index in [1.54, 1.807) is 17.2 Å². The largest absolute Gasteiger partial charge is 0.486 e. The first-order chi connectivity index (χ1) is 12.8. The van der Waals surface area contributed by atoms with Crippen molar-refractivity contribution < 1.29 is 14.3 Å². The van der Waals surface area contributed by atoms with Gasteiger partial charge in [0.1, 0.15) is 25.9 Å². The van der Waals surface area contributed by atoms with Crippen molar-refractivity contribution in [2.45, 2.75) is 13.0 Å². The van der Waals surface area contributed by atoms with E-state index in [1.807, 2.05) is 30.3 Å².